The third-order valence-corrected chi connectivity index (χ3v) is 6.98. The van der Waals surface area contributed by atoms with Crippen molar-refractivity contribution >= 4 is 17.5 Å². The van der Waals surface area contributed by atoms with Crippen LogP contribution >= 0.6 is 11.6 Å². The predicted octanol–water partition coefficient (Wildman–Crippen LogP) is 4.46. The Bertz CT molecular complexity index is 1350. The second-order valence-corrected chi connectivity index (χ2v) is 9.22. The predicted molar refractivity (Wildman–Crippen MR) is 134 cm³/mol. The molecule has 9 heteroatoms. The van der Waals surface area contributed by atoms with E-state index in [0.29, 0.717) is 41.9 Å². The Morgan fingerprint density at radius 2 is 1.71 bits per heavy atom. The maximum absolute atomic E-state index is 13.1. The summed E-state index contributed by atoms with van der Waals surface area (Å²) in [6.45, 7) is 9.19. The van der Waals surface area contributed by atoms with Crippen molar-refractivity contribution in [2.45, 2.75) is 27.3 Å². The number of carbonyl (C=O) groups is 1. The van der Waals surface area contributed by atoms with E-state index >= 15 is 0 Å². The van der Waals surface area contributed by atoms with Gasteiger partial charge in [0.15, 0.2) is 0 Å². The lowest BCUT2D eigenvalue weighted by Crippen LogP contribution is -2.48. The van der Waals surface area contributed by atoms with Crippen LogP contribution in [0.2, 0.25) is 5.02 Å². The van der Waals surface area contributed by atoms with Crippen LogP contribution in [-0.2, 0) is 6.54 Å². The summed E-state index contributed by atoms with van der Waals surface area (Å²) in [5, 5.41) is 9.28. The molecule has 0 radical (unpaired) electrons. The van der Waals surface area contributed by atoms with Gasteiger partial charge in [0, 0.05) is 37.3 Å². The molecular weight excluding hydrogens is 464 g/mol. The highest BCUT2D eigenvalue weighted by atomic mass is 35.5. The molecule has 0 aliphatic carbocycles. The van der Waals surface area contributed by atoms with Gasteiger partial charge in [-0.1, -0.05) is 41.0 Å². The number of carbonyl (C=O) groups excluding carboxylic acids is 1. The highest BCUT2D eigenvalue weighted by molar-refractivity contribution is 6.31. The minimum Gasteiger partial charge on any atom is -0.338 e. The third-order valence-electron chi connectivity index (χ3n) is 6.43. The van der Waals surface area contributed by atoms with Crippen molar-refractivity contribution < 1.29 is 9.32 Å². The monoisotopic (exact) mass is 490 g/mol. The van der Waals surface area contributed by atoms with E-state index in [0.717, 1.165) is 41.3 Å². The van der Waals surface area contributed by atoms with Crippen molar-refractivity contribution in [2.24, 2.45) is 0 Å². The lowest BCUT2D eigenvalue weighted by Gasteiger charge is -2.34. The number of amides is 1. The topological polar surface area (TPSA) is 80.3 Å². The summed E-state index contributed by atoms with van der Waals surface area (Å²) in [6.07, 6.45) is 0. The van der Waals surface area contributed by atoms with Crippen molar-refractivity contribution in [1.82, 2.24) is 29.7 Å². The van der Waals surface area contributed by atoms with E-state index in [-0.39, 0.29) is 5.91 Å². The second kappa shape index (κ2) is 9.64. The zero-order chi connectivity index (χ0) is 24.5. The summed E-state index contributed by atoms with van der Waals surface area (Å²) in [5.41, 5.74) is 5.29. The molecule has 0 N–H and O–H groups in total. The Hall–Kier alpha value is -3.49. The number of halogens is 1. The van der Waals surface area contributed by atoms with Crippen LogP contribution in [0.4, 0.5) is 0 Å². The van der Waals surface area contributed by atoms with Gasteiger partial charge in [0.1, 0.15) is 0 Å². The van der Waals surface area contributed by atoms with E-state index in [2.05, 4.69) is 20.1 Å². The molecule has 0 bridgehead atoms. The molecule has 2 aromatic carbocycles. The lowest BCUT2D eigenvalue weighted by molar-refractivity contribution is 0.0615. The molecule has 0 atom stereocenters. The second-order valence-electron chi connectivity index (χ2n) is 8.84. The van der Waals surface area contributed by atoms with Gasteiger partial charge in [-0.25, -0.2) is 4.68 Å². The van der Waals surface area contributed by atoms with E-state index in [4.69, 9.17) is 16.1 Å². The molecule has 1 fully saturated rings. The Balaban J connectivity index is 1.18. The van der Waals surface area contributed by atoms with Gasteiger partial charge in [0.25, 0.3) is 5.91 Å². The third kappa shape index (κ3) is 4.72. The minimum absolute atomic E-state index is 0.0298. The van der Waals surface area contributed by atoms with Crippen molar-refractivity contribution in [3.8, 4) is 17.1 Å². The van der Waals surface area contributed by atoms with Crippen LogP contribution in [0.25, 0.3) is 17.1 Å². The number of nitrogens with zero attached hydrogens (tertiary/aromatic N) is 6. The van der Waals surface area contributed by atoms with Crippen molar-refractivity contribution in [3.05, 3.63) is 82.0 Å². The molecule has 5 rings (SSSR count). The largest absolute Gasteiger partial charge is 0.338 e. The van der Waals surface area contributed by atoms with Gasteiger partial charge in [-0.3, -0.25) is 9.69 Å². The van der Waals surface area contributed by atoms with Crippen LogP contribution in [0.5, 0.6) is 0 Å². The fourth-order valence-electron chi connectivity index (χ4n) is 4.36. The number of piperazine rings is 1. The van der Waals surface area contributed by atoms with Crippen molar-refractivity contribution in [2.75, 3.05) is 26.2 Å². The normalized spacial score (nSPS) is 14.5. The molecule has 0 unspecified atom stereocenters. The molecule has 0 spiro atoms. The van der Waals surface area contributed by atoms with Gasteiger partial charge in [0.2, 0.25) is 11.7 Å². The van der Waals surface area contributed by atoms with Gasteiger partial charge < -0.3 is 9.42 Å². The van der Waals surface area contributed by atoms with Gasteiger partial charge >= 0.3 is 0 Å². The number of benzene rings is 2. The minimum atomic E-state index is 0.0298. The van der Waals surface area contributed by atoms with E-state index in [9.17, 15) is 4.79 Å². The number of aryl methyl sites for hydroxylation is 2. The van der Waals surface area contributed by atoms with Gasteiger partial charge in [-0.15, -0.1) is 0 Å². The van der Waals surface area contributed by atoms with Crippen molar-refractivity contribution in [1.29, 1.82) is 0 Å². The fraction of sp³-hybridized carbons (Fsp3) is 0.308. The SMILES string of the molecule is Cc1ccccc1-c1noc(CN2CCN(C(=O)c3ccc(-n4nc(C)c(Cl)c4C)cc3)CC2)n1. The Morgan fingerprint density at radius 3 is 2.37 bits per heavy atom. The summed E-state index contributed by atoms with van der Waals surface area (Å²) in [7, 11) is 0. The van der Waals surface area contributed by atoms with E-state index < -0.39 is 0 Å². The average Bonchev–Trinajstić information content (AvgIpc) is 3.44. The summed E-state index contributed by atoms with van der Waals surface area (Å²) in [5.74, 6) is 1.23. The molecule has 1 aliphatic heterocycles. The smallest absolute Gasteiger partial charge is 0.253 e. The molecule has 1 saturated heterocycles. The first-order chi connectivity index (χ1) is 16.9. The maximum atomic E-state index is 13.1. The Morgan fingerprint density at radius 1 is 1.00 bits per heavy atom. The fourth-order valence-corrected chi connectivity index (χ4v) is 4.47. The molecular formula is C26H27ClN6O2. The molecule has 1 aliphatic rings. The zero-order valence-corrected chi connectivity index (χ0v) is 20.8. The first-order valence-electron chi connectivity index (χ1n) is 11.6. The van der Waals surface area contributed by atoms with E-state index in [1.54, 1.807) is 4.68 Å². The highest BCUT2D eigenvalue weighted by Crippen LogP contribution is 2.23. The first kappa shape index (κ1) is 23.3. The maximum Gasteiger partial charge on any atom is 0.253 e. The Labute approximate surface area is 209 Å². The van der Waals surface area contributed by atoms with Crippen LogP contribution in [0.15, 0.2) is 53.1 Å². The summed E-state index contributed by atoms with van der Waals surface area (Å²) < 4.78 is 7.28. The molecule has 3 heterocycles. The first-order valence-corrected chi connectivity index (χ1v) is 12.0. The van der Waals surface area contributed by atoms with Crippen LogP contribution in [-0.4, -0.2) is 61.8 Å². The standard InChI is InChI=1S/C26H27ClN6O2/c1-17-6-4-5-7-22(17)25-28-23(35-30-25)16-31-12-14-32(15-13-31)26(34)20-8-10-21(11-9-20)33-19(3)24(27)18(2)29-33/h4-11H,12-16H2,1-3H3. The molecule has 180 valence electrons. The summed E-state index contributed by atoms with van der Waals surface area (Å²) >= 11 is 6.27. The number of rotatable bonds is 5. The quantitative estimate of drug-likeness (QED) is 0.411. The van der Waals surface area contributed by atoms with Crippen LogP contribution < -0.4 is 0 Å². The van der Waals surface area contributed by atoms with Crippen LogP contribution in [0.3, 0.4) is 0 Å². The molecule has 2 aromatic heterocycles. The highest BCUT2D eigenvalue weighted by Gasteiger charge is 2.24. The number of hydrogen-bond acceptors (Lipinski definition) is 6. The van der Waals surface area contributed by atoms with Gasteiger partial charge in [0.05, 0.1) is 28.6 Å². The van der Waals surface area contributed by atoms with Crippen LogP contribution in [0, 0.1) is 20.8 Å². The van der Waals surface area contributed by atoms with Crippen LogP contribution in [0.1, 0.15) is 33.2 Å². The zero-order valence-electron chi connectivity index (χ0n) is 20.0. The molecule has 1 amide bonds. The van der Waals surface area contributed by atoms with Crippen molar-refractivity contribution in [3.63, 3.8) is 0 Å². The lowest BCUT2D eigenvalue weighted by atomic mass is 10.1. The molecule has 8 nitrogen and oxygen atoms in total. The average molecular weight is 491 g/mol. The molecule has 4 aromatic rings. The molecule has 0 saturated carbocycles. The number of hydrogen-bond donors (Lipinski definition) is 0. The van der Waals surface area contributed by atoms with Gasteiger partial charge in [-0.05, 0) is 50.6 Å². The van der Waals surface area contributed by atoms with Gasteiger partial charge in [-0.2, -0.15) is 10.1 Å². The van der Waals surface area contributed by atoms with E-state index in [1.807, 2.05) is 74.2 Å². The number of aromatic nitrogens is 4. The van der Waals surface area contributed by atoms with E-state index in [1.165, 1.54) is 0 Å². The Kier molecular flexibility index (Phi) is 6.40. The summed E-state index contributed by atoms with van der Waals surface area (Å²) in [4.78, 5) is 21.7. The summed E-state index contributed by atoms with van der Waals surface area (Å²) in [6, 6.07) is 15.5. The molecule has 35 heavy (non-hydrogen) atoms.